The molecule has 2 N–H and O–H groups in total. The van der Waals surface area contributed by atoms with Gasteiger partial charge in [-0.05, 0) is 42.5 Å². The van der Waals surface area contributed by atoms with Gasteiger partial charge < -0.3 is 15.4 Å². The highest BCUT2D eigenvalue weighted by Crippen LogP contribution is 2.12. The quantitative estimate of drug-likeness (QED) is 0.571. The number of benzene rings is 2. The predicted octanol–water partition coefficient (Wildman–Crippen LogP) is 2.10. The zero-order valence-electron chi connectivity index (χ0n) is 14.5. The second-order valence-electron chi connectivity index (χ2n) is 5.70. The number of hydrogen-bond acceptors (Lipinski definition) is 3. The minimum atomic E-state index is -0.595. The molecule has 0 fully saturated rings. The van der Waals surface area contributed by atoms with Crippen LogP contribution in [0.2, 0.25) is 0 Å². The second kappa shape index (κ2) is 10.1. The van der Waals surface area contributed by atoms with Gasteiger partial charge in [0.1, 0.15) is 5.75 Å². The van der Waals surface area contributed by atoms with Crippen LogP contribution in [-0.4, -0.2) is 32.0 Å². The molecule has 0 aliphatic heterocycles. The van der Waals surface area contributed by atoms with Crippen LogP contribution in [-0.2, 0) is 22.4 Å². The minimum Gasteiger partial charge on any atom is -0.497 e. The van der Waals surface area contributed by atoms with Gasteiger partial charge in [-0.25, -0.2) is 0 Å². The highest BCUT2D eigenvalue weighted by Gasteiger charge is 2.11. The predicted molar refractivity (Wildman–Crippen MR) is 97.5 cm³/mol. The van der Waals surface area contributed by atoms with Gasteiger partial charge in [0.2, 0.25) is 0 Å². The third-order valence-electron chi connectivity index (χ3n) is 3.81. The van der Waals surface area contributed by atoms with Crippen LogP contribution in [0.1, 0.15) is 17.5 Å². The first-order valence-corrected chi connectivity index (χ1v) is 8.42. The van der Waals surface area contributed by atoms with Crippen molar-refractivity contribution in [1.29, 1.82) is 0 Å². The Morgan fingerprint density at radius 3 is 2.24 bits per heavy atom. The molecule has 25 heavy (non-hydrogen) atoms. The summed E-state index contributed by atoms with van der Waals surface area (Å²) in [4.78, 5) is 23.5. The maximum Gasteiger partial charge on any atom is 0.309 e. The average molecular weight is 340 g/mol. The van der Waals surface area contributed by atoms with E-state index >= 15 is 0 Å². The summed E-state index contributed by atoms with van der Waals surface area (Å²) in [6.45, 7) is 0.889. The van der Waals surface area contributed by atoms with Crippen molar-refractivity contribution in [3.8, 4) is 5.75 Å². The number of amides is 2. The molecule has 0 unspecified atom stereocenters. The number of ether oxygens (including phenoxy) is 1. The maximum atomic E-state index is 11.8. The number of rotatable bonds is 8. The summed E-state index contributed by atoms with van der Waals surface area (Å²) in [6, 6.07) is 17.7. The lowest BCUT2D eigenvalue weighted by molar-refractivity contribution is -0.139. The van der Waals surface area contributed by atoms with E-state index in [0.29, 0.717) is 19.5 Å². The Morgan fingerprint density at radius 1 is 0.840 bits per heavy atom. The van der Waals surface area contributed by atoms with E-state index in [9.17, 15) is 9.59 Å². The Bertz CT molecular complexity index is 686. The van der Waals surface area contributed by atoms with E-state index < -0.39 is 11.8 Å². The van der Waals surface area contributed by atoms with Gasteiger partial charge in [-0.15, -0.1) is 0 Å². The third-order valence-corrected chi connectivity index (χ3v) is 3.81. The normalized spacial score (nSPS) is 10.1. The molecule has 5 heteroatoms. The number of carbonyl (C=O) groups excluding carboxylic acids is 2. The Balaban J connectivity index is 1.62. The number of aryl methyl sites for hydroxylation is 1. The molecule has 0 aromatic heterocycles. The van der Waals surface area contributed by atoms with E-state index in [1.165, 1.54) is 5.56 Å². The standard InChI is InChI=1S/C20H24N2O3/c1-25-18-11-5-9-17(15-18)12-14-22-20(24)19(23)21-13-6-10-16-7-3-2-4-8-16/h2-5,7-9,11,15H,6,10,12-14H2,1H3,(H,21,23)(H,22,24). The van der Waals surface area contributed by atoms with Crippen molar-refractivity contribution < 1.29 is 14.3 Å². The topological polar surface area (TPSA) is 67.4 Å². The molecule has 0 aliphatic carbocycles. The number of nitrogens with one attached hydrogen (secondary N) is 2. The van der Waals surface area contributed by atoms with Crippen molar-refractivity contribution in [2.45, 2.75) is 19.3 Å². The summed E-state index contributed by atoms with van der Waals surface area (Å²) in [5.74, 6) is -0.402. The molecular formula is C20H24N2O3. The number of carbonyl (C=O) groups is 2. The molecule has 0 bridgehead atoms. The molecule has 0 spiro atoms. The van der Waals surface area contributed by atoms with Gasteiger partial charge in [0.05, 0.1) is 7.11 Å². The van der Waals surface area contributed by atoms with Gasteiger partial charge in [-0.3, -0.25) is 9.59 Å². The zero-order valence-corrected chi connectivity index (χ0v) is 14.5. The molecule has 5 nitrogen and oxygen atoms in total. The minimum absolute atomic E-state index is 0.406. The lowest BCUT2D eigenvalue weighted by Crippen LogP contribution is -2.41. The van der Waals surface area contributed by atoms with Crippen molar-refractivity contribution in [3.63, 3.8) is 0 Å². The molecule has 0 saturated carbocycles. The fourth-order valence-corrected chi connectivity index (χ4v) is 2.45. The summed E-state index contributed by atoms with van der Waals surface area (Å²) < 4.78 is 5.16. The monoisotopic (exact) mass is 340 g/mol. The lowest BCUT2D eigenvalue weighted by Gasteiger charge is -2.07. The van der Waals surface area contributed by atoms with Crippen LogP contribution in [0.25, 0.3) is 0 Å². The molecule has 0 heterocycles. The van der Waals surface area contributed by atoms with Crippen LogP contribution in [0.4, 0.5) is 0 Å². The Kier molecular flexibility index (Phi) is 7.50. The number of methoxy groups -OCH3 is 1. The van der Waals surface area contributed by atoms with Crippen LogP contribution in [0.15, 0.2) is 54.6 Å². The highest BCUT2D eigenvalue weighted by molar-refractivity contribution is 6.35. The van der Waals surface area contributed by atoms with Gasteiger partial charge in [0.25, 0.3) is 0 Å². The summed E-state index contributed by atoms with van der Waals surface area (Å²) in [5.41, 5.74) is 2.27. The molecule has 2 rings (SSSR count). The van der Waals surface area contributed by atoms with Crippen LogP contribution in [0.3, 0.4) is 0 Å². The summed E-state index contributed by atoms with van der Waals surface area (Å²) in [7, 11) is 1.61. The largest absolute Gasteiger partial charge is 0.497 e. The van der Waals surface area contributed by atoms with Gasteiger partial charge in [0.15, 0.2) is 0 Å². The van der Waals surface area contributed by atoms with E-state index in [1.54, 1.807) is 7.11 Å². The van der Waals surface area contributed by atoms with E-state index in [2.05, 4.69) is 10.6 Å². The Labute approximate surface area is 148 Å². The Morgan fingerprint density at radius 2 is 1.52 bits per heavy atom. The molecule has 2 aromatic rings. The van der Waals surface area contributed by atoms with Gasteiger partial charge in [-0.1, -0.05) is 42.5 Å². The van der Waals surface area contributed by atoms with Crippen molar-refractivity contribution in [2.24, 2.45) is 0 Å². The zero-order chi connectivity index (χ0) is 17.9. The van der Waals surface area contributed by atoms with Gasteiger partial charge in [0, 0.05) is 13.1 Å². The van der Waals surface area contributed by atoms with Crippen LogP contribution in [0, 0.1) is 0 Å². The van der Waals surface area contributed by atoms with E-state index in [1.807, 2.05) is 54.6 Å². The van der Waals surface area contributed by atoms with Crippen LogP contribution < -0.4 is 15.4 Å². The Hall–Kier alpha value is -2.82. The van der Waals surface area contributed by atoms with Crippen molar-refractivity contribution in [2.75, 3.05) is 20.2 Å². The van der Waals surface area contributed by atoms with E-state index in [-0.39, 0.29) is 0 Å². The first-order valence-electron chi connectivity index (χ1n) is 8.42. The average Bonchev–Trinajstić information content (AvgIpc) is 2.66. The van der Waals surface area contributed by atoms with Crippen LogP contribution in [0.5, 0.6) is 5.75 Å². The molecule has 132 valence electrons. The summed E-state index contributed by atoms with van der Waals surface area (Å²) >= 11 is 0. The highest BCUT2D eigenvalue weighted by atomic mass is 16.5. The fraction of sp³-hybridized carbons (Fsp3) is 0.300. The molecule has 2 aromatic carbocycles. The summed E-state index contributed by atoms with van der Waals surface area (Å²) in [6.07, 6.45) is 2.32. The first-order chi connectivity index (χ1) is 12.2. The van der Waals surface area contributed by atoms with E-state index in [0.717, 1.165) is 24.2 Å². The molecule has 0 atom stereocenters. The lowest BCUT2D eigenvalue weighted by atomic mass is 10.1. The molecular weight excluding hydrogens is 316 g/mol. The maximum absolute atomic E-state index is 11.8. The van der Waals surface area contributed by atoms with Crippen molar-refractivity contribution >= 4 is 11.8 Å². The van der Waals surface area contributed by atoms with Crippen LogP contribution >= 0.6 is 0 Å². The molecule has 0 saturated heterocycles. The molecule has 2 amide bonds. The second-order valence-corrected chi connectivity index (χ2v) is 5.70. The molecule has 0 aliphatic rings. The molecule has 0 radical (unpaired) electrons. The SMILES string of the molecule is COc1cccc(CCNC(=O)C(=O)NCCCc2ccccc2)c1. The van der Waals surface area contributed by atoms with E-state index in [4.69, 9.17) is 4.74 Å². The summed E-state index contributed by atoms with van der Waals surface area (Å²) in [5, 5.41) is 5.28. The fourth-order valence-electron chi connectivity index (χ4n) is 2.45. The third kappa shape index (κ3) is 6.67. The van der Waals surface area contributed by atoms with Crippen molar-refractivity contribution in [1.82, 2.24) is 10.6 Å². The first kappa shape index (κ1) is 18.5. The number of hydrogen-bond donors (Lipinski definition) is 2. The van der Waals surface area contributed by atoms with Gasteiger partial charge >= 0.3 is 11.8 Å². The smallest absolute Gasteiger partial charge is 0.309 e. The van der Waals surface area contributed by atoms with Crippen molar-refractivity contribution in [3.05, 3.63) is 65.7 Å². The van der Waals surface area contributed by atoms with Gasteiger partial charge in [-0.2, -0.15) is 0 Å².